The van der Waals surface area contributed by atoms with Crippen molar-refractivity contribution in [2.45, 2.75) is 31.7 Å². The lowest BCUT2D eigenvalue weighted by Gasteiger charge is -2.21. The van der Waals surface area contributed by atoms with Gasteiger partial charge >= 0.3 is 0 Å². The van der Waals surface area contributed by atoms with Crippen LogP contribution in [0.2, 0.25) is 0 Å². The van der Waals surface area contributed by atoms with E-state index in [2.05, 4.69) is 24.3 Å². The Balaban J connectivity index is 1.78. The maximum Gasteiger partial charge on any atom is 0.119 e. The zero-order valence-electron chi connectivity index (χ0n) is 12.0. The number of hydrogen-bond donors (Lipinski definition) is 2. The smallest absolute Gasteiger partial charge is 0.119 e. The molecule has 2 rings (SSSR count). The van der Waals surface area contributed by atoms with Gasteiger partial charge in [0.2, 0.25) is 0 Å². The number of aliphatic hydroxyl groups excluding tert-OH is 1. The van der Waals surface area contributed by atoms with E-state index >= 15 is 0 Å². The van der Waals surface area contributed by atoms with Crippen molar-refractivity contribution in [3.05, 3.63) is 42.5 Å². The average Bonchev–Trinajstić information content (AvgIpc) is 2.46. The fourth-order valence-corrected chi connectivity index (χ4v) is 2.16. The Morgan fingerprint density at radius 2 is 1.85 bits per heavy atom. The molecule has 0 aliphatic rings. The highest BCUT2D eigenvalue weighted by molar-refractivity contribution is 5.83. The van der Waals surface area contributed by atoms with Gasteiger partial charge in [0.15, 0.2) is 0 Å². The molecule has 1 atom stereocenters. The third-order valence-corrected chi connectivity index (χ3v) is 3.49. The van der Waals surface area contributed by atoms with Crippen molar-refractivity contribution in [3.8, 4) is 5.75 Å². The van der Waals surface area contributed by atoms with Crippen LogP contribution in [0.5, 0.6) is 5.75 Å². The molecule has 0 aliphatic heterocycles. The third kappa shape index (κ3) is 4.22. The van der Waals surface area contributed by atoms with Crippen LogP contribution < -0.4 is 10.5 Å². The van der Waals surface area contributed by atoms with Crippen molar-refractivity contribution >= 4 is 10.8 Å². The van der Waals surface area contributed by atoms with Crippen LogP contribution in [0.3, 0.4) is 0 Å². The first-order chi connectivity index (χ1) is 9.61. The maximum absolute atomic E-state index is 9.07. The average molecular weight is 273 g/mol. The summed E-state index contributed by atoms with van der Waals surface area (Å²) >= 11 is 0. The number of rotatable bonds is 7. The van der Waals surface area contributed by atoms with E-state index < -0.39 is 5.54 Å². The molecule has 3 N–H and O–H groups in total. The quantitative estimate of drug-likeness (QED) is 0.762. The Morgan fingerprint density at radius 3 is 2.60 bits per heavy atom. The summed E-state index contributed by atoms with van der Waals surface area (Å²) in [5.41, 5.74) is 5.41. The number of fused-ring (bicyclic) bond motifs is 1. The predicted molar refractivity (Wildman–Crippen MR) is 83.0 cm³/mol. The van der Waals surface area contributed by atoms with E-state index in [0.29, 0.717) is 6.61 Å². The Kier molecular flexibility index (Phi) is 4.99. The second-order valence-electron chi connectivity index (χ2n) is 5.63. The van der Waals surface area contributed by atoms with Crippen LogP contribution in [0, 0.1) is 0 Å². The number of benzene rings is 2. The molecule has 0 spiro atoms. The van der Waals surface area contributed by atoms with Crippen LogP contribution in [0.4, 0.5) is 0 Å². The summed E-state index contributed by atoms with van der Waals surface area (Å²) in [6, 6.07) is 14.4. The van der Waals surface area contributed by atoms with Gasteiger partial charge in [-0.05, 0) is 49.1 Å². The van der Waals surface area contributed by atoms with Gasteiger partial charge in [0.25, 0.3) is 0 Å². The van der Waals surface area contributed by atoms with Crippen molar-refractivity contribution in [3.63, 3.8) is 0 Å². The summed E-state index contributed by atoms with van der Waals surface area (Å²) in [6.45, 7) is 2.58. The molecule has 0 fully saturated rings. The van der Waals surface area contributed by atoms with E-state index in [4.69, 9.17) is 15.6 Å². The van der Waals surface area contributed by atoms with Crippen molar-refractivity contribution in [2.75, 3.05) is 13.2 Å². The topological polar surface area (TPSA) is 55.5 Å². The molecule has 3 heteroatoms. The maximum atomic E-state index is 9.07. The fraction of sp³-hybridized carbons (Fsp3) is 0.412. The summed E-state index contributed by atoms with van der Waals surface area (Å²) in [5, 5.41) is 11.5. The van der Waals surface area contributed by atoms with E-state index in [9.17, 15) is 0 Å². The lowest BCUT2D eigenvalue weighted by atomic mass is 9.97. The van der Waals surface area contributed by atoms with E-state index in [-0.39, 0.29) is 6.61 Å². The van der Waals surface area contributed by atoms with Crippen molar-refractivity contribution < 1.29 is 9.84 Å². The SMILES string of the molecule is CC(N)(CO)CCCCOc1ccc2ccccc2c1. The number of hydrogen-bond acceptors (Lipinski definition) is 3. The molecule has 0 aromatic heterocycles. The molecule has 0 saturated heterocycles. The molecule has 0 radical (unpaired) electrons. The van der Waals surface area contributed by atoms with Gasteiger partial charge in [-0.1, -0.05) is 30.3 Å². The van der Waals surface area contributed by atoms with Crippen molar-refractivity contribution in [1.82, 2.24) is 0 Å². The zero-order chi connectivity index (χ0) is 14.4. The van der Waals surface area contributed by atoms with Gasteiger partial charge in [-0.3, -0.25) is 0 Å². The molecule has 108 valence electrons. The minimum absolute atomic E-state index is 0.0263. The molecular formula is C17H23NO2. The van der Waals surface area contributed by atoms with E-state index in [1.165, 1.54) is 10.8 Å². The van der Waals surface area contributed by atoms with Gasteiger partial charge in [0, 0.05) is 5.54 Å². The number of nitrogens with two attached hydrogens (primary N) is 1. The number of ether oxygens (including phenoxy) is 1. The van der Waals surface area contributed by atoms with Gasteiger partial charge in [-0.25, -0.2) is 0 Å². The summed E-state index contributed by atoms with van der Waals surface area (Å²) in [6.07, 6.45) is 2.71. The Hall–Kier alpha value is -1.58. The summed E-state index contributed by atoms with van der Waals surface area (Å²) in [4.78, 5) is 0. The second kappa shape index (κ2) is 6.73. The molecule has 20 heavy (non-hydrogen) atoms. The molecule has 3 nitrogen and oxygen atoms in total. The minimum Gasteiger partial charge on any atom is -0.494 e. The molecule has 0 saturated carbocycles. The van der Waals surface area contributed by atoms with Crippen LogP contribution in [-0.2, 0) is 0 Å². The Labute approximate surface area is 120 Å². The van der Waals surface area contributed by atoms with Gasteiger partial charge in [0.1, 0.15) is 5.75 Å². The Bertz CT molecular complexity index is 551. The first kappa shape index (κ1) is 14.8. The number of unbranched alkanes of at least 4 members (excludes halogenated alkanes) is 1. The normalized spacial score (nSPS) is 14.2. The van der Waals surface area contributed by atoms with Gasteiger partial charge < -0.3 is 15.6 Å². The Morgan fingerprint density at radius 1 is 1.10 bits per heavy atom. The highest BCUT2D eigenvalue weighted by Gasteiger charge is 2.15. The molecule has 2 aromatic carbocycles. The second-order valence-corrected chi connectivity index (χ2v) is 5.63. The fourth-order valence-electron chi connectivity index (χ4n) is 2.16. The summed E-state index contributed by atoms with van der Waals surface area (Å²) in [7, 11) is 0. The van der Waals surface area contributed by atoms with Gasteiger partial charge in [-0.15, -0.1) is 0 Å². The minimum atomic E-state index is -0.469. The van der Waals surface area contributed by atoms with Crippen LogP contribution in [0.25, 0.3) is 10.8 Å². The highest BCUT2D eigenvalue weighted by atomic mass is 16.5. The molecule has 0 aliphatic carbocycles. The summed E-state index contributed by atoms with van der Waals surface area (Å²) < 4.78 is 5.76. The van der Waals surface area contributed by atoms with Crippen LogP contribution >= 0.6 is 0 Å². The first-order valence-electron chi connectivity index (χ1n) is 7.12. The van der Waals surface area contributed by atoms with Gasteiger partial charge in [-0.2, -0.15) is 0 Å². The van der Waals surface area contributed by atoms with Crippen molar-refractivity contribution in [2.24, 2.45) is 5.73 Å². The molecule has 2 aromatic rings. The third-order valence-electron chi connectivity index (χ3n) is 3.49. The standard InChI is InChI=1S/C17H23NO2/c1-17(18,13-19)10-4-5-11-20-16-9-8-14-6-2-3-7-15(14)12-16/h2-3,6-9,12,19H,4-5,10-11,13,18H2,1H3. The monoisotopic (exact) mass is 273 g/mol. The zero-order valence-corrected chi connectivity index (χ0v) is 12.0. The first-order valence-corrected chi connectivity index (χ1v) is 7.12. The lowest BCUT2D eigenvalue weighted by molar-refractivity contribution is 0.194. The predicted octanol–water partition coefficient (Wildman–Crippen LogP) is 3.10. The van der Waals surface area contributed by atoms with Crippen LogP contribution in [0.15, 0.2) is 42.5 Å². The van der Waals surface area contributed by atoms with E-state index in [0.717, 1.165) is 25.0 Å². The van der Waals surface area contributed by atoms with E-state index in [1.807, 2.05) is 25.1 Å². The highest BCUT2D eigenvalue weighted by Crippen LogP contribution is 2.21. The van der Waals surface area contributed by atoms with Crippen LogP contribution in [0.1, 0.15) is 26.2 Å². The lowest BCUT2D eigenvalue weighted by Crippen LogP contribution is -2.39. The van der Waals surface area contributed by atoms with Crippen LogP contribution in [-0.4, -0.2) is 23.9 Å². The molecule has 0 bridgehead atoms. The van der Waals surface area contributed by atoms with Gasteiger partial charge in [0.05, 0.1) is 13.2 Å². The number of aliphatic hydroxyl groups is 1. The summed E-state index contributed by atoms with van der Waals surface area (Å²) in [5.74, 6) is 0.904. The molecular weight excluding hydrogens is 250 g/mol. The largest absolute Gasteiger partial charge is 0.494 e. The van der Waals surface area contributed by atoms with E-state index in [1.54, 1.807) is 0 Å². The molecule has 1 unspecified atom stereocenters. The molecule has 0 heterocycles. The van der Waals surface area contributed by atoms with Crippen molar-refractivity contribution in [1.29, 1.82) is 0 Å². The molecule has 0 amide bonds.